The molecule has 1 aliphatic rings. The van der Waals surface area contributed by atoms with Gasteiger partial charge in [-0.05, 0) is 66.1 Å². The van der Waals surface area contributed by atoms with Crippen molar-refractivity contribution in [3.05, 3.63) is 33.8 Å². The van der Waals surface area contributed by atoms with Gasteiger partial charge >= 0.3 is 0 Å². The van der Waals surface area contributed by atoms with Gasteiger partial charge in [-0.15, -0.1) is 0 Å². The van der Waals surface area contributed by atoms with E-state index in [-0.39, 0.29) is 12.0 Å². The third-order valence-corrected chi connectivity index (χ3v) is 4.86. The van der Waals surface area contributed by atoms with Crippen molar-refractivity contribution >= 4 is 21.8 Å². The summed E-state index contributed by atoms with van der Waals surface area (Å²) >= 11 is 3.46. The van der Waals surface area contributed by atoms with Crippen LogP contribution in [0.1, 0.15) is 41.6 Å². The van der Waals surface area contributed by atoms with Crippen molar-refractivity contribution in [2.45, 2.75) is 38.7 Å². The maximum Gasteiger partial charge on any atom is 0.252 e. The summed E-state index contributed by atoms with van der Waals surface area (Å²) in [5.41, 5.74) is 1.75. The molecule has 4 heteroatoms. The van der Waals surface area contributed by atoms with E-state index < -0.39 is 0 Å². The molecule has 3 nitrogen and oxygen atoms in total. The second-order valence-corrected chi connectivity index (χ2v) is 6.11. The van der Waals surface area contributed by atoms with Crippen LogP contribution in [0, 0.1) is 12.8 Å². The first-order valence-electron chi connectivity index (χ1n) is 6.79. The molecule has 0 atom stereocenters. The van der Waals surface area contributed by atoms with Crippen LogP contribution >= 0.6 is 15.9 Å². The minimum atomic E-state index is -0.141. The van der Waals surface area contributed by atoms with Crippen molar-refractivity contribution in [1.82, 2.24) is 5.32 Å². The highest BCUT2D eigenvalue weighted by Gasteiger charge is 2.20. The van der Waals surface area contributed by atoms with E-state index in [2.05, 4.69) is 21.2 Å². The molecule has 1 aliphatic carbocycles. The number of carbonyl (C=O) groups is 1. The maximum absolute atomic E-state index is 12.1. The Kier molecular flexibility index (Phi) is 4.99. The van der Waals surface area contributed by atoms with E-state index in [0.717, 1.165) is 35.7 Å². The molecule has 1 fully saturated rings. The zero-order valence-corrected chi connectivity index (χ0v) is 12.7. The lowest BCUT2D eigenvalue weighted by molar-refractivity contribution is 0.0909. The Bertz CT molecular complexity index is 453. The molecule has 19 heavy (non-hydrogen) atoms. The van der Waals surface area contributed by atoms with Crippen molar-refractivity contribution in [2.75, 3.05) is 6.54 Å². The molecule has 1 aromatic carbocycles. The van der Waals surface area contributed by atoms with E-state index in [9.17, 15) is 9.90 Å². The van der Waals surface area contributed by atoms with E-state index in [4.69, 9.17) is 0 Å². The number of nitrogens with one attached hydrogen (secondary N) is 1. The summed E-state index contributed by atoms with van der Waals surface area (Å²) in [4.78, 5) is 12.1. The summed E-state index contributed by atoms with van der Waals surface area (Å²) in [6, 6.07) is 5.70. The Morgan fingerprint density at radius 2 is 2.05 bits per heavy atom. The number of carbonyl (C=O) groups excluding carboxylic acids is 1. The maximum atomic E-state index is 12.1. The quantitative estimate of drug-likeness (QED) is 0.897. The van der Waals surface area contributed by atoms with E-state index in [1.165, 1.54) is 0 Å². The molecule has 1 amide bonds. The van der Waals surface area contributed by atoms with Crippen molar-refractivity contribution in [3.8, 4) is 0 Å². The first kappa shape index (κ1) is 14.5. The Hall–Kier alpha value is -0.870. The van der Waals surface area contributed by atoms with Crippen LogP contribution in [0.4, 0.5) is 0 Å². The zero-order valence-electron chi connectivity index (χ0n) is 11.2. The number of amides is 1. The summed E-state index contributed by atoms with van der Waals surface area (Å²) < 4.78 is 0.867. The fourth-order valence-electron chi connectivity index (χ4n) is 2.50. The number of halogens is 1. The van der Waals surface area contributed by atoms with E-state index >= 15 is 0 Å². The van der Waals surface area contributed by atoms with Gasteiger partial charge in [0.1, 0.15) is 0 Å². The molecule has 1 saturated carbocycles. The minimum absolute atomic E-state index is 0.0262. The van der Waals surface area contributed by atoms with Crippen molar-refractivity contribution in [1.29, 1.82) is 0 Å². The first-order valence-corrected chi connectivity index (χ1v) is 7.58. The SMILES string of the molecule is Cc1cccc(C(=O)NCC2CCC(O)CC2)c1Br. The van der Waals surface area contributed by atoms with Crippen LogP contribution in [0.25, 0.3) is 0 Å². The molecule has 0 spiro atoms. The number of benzene rings is 1. The highest BCUT2D eigenvalue weighted by atomic mass is 79.9. The summed E-state index contributed by atoms with van der Waals surface area (Å²) in [6.45, 7) is 2.68. The average Bonchev–Trinajstić information content (AvgIpc) is 2.41. The fraction of sp³-hybridized carbons (Fsp3) is 0.533. The number of aryl methyl sites for hydroxylation is 1. The zero-order chi connectivity index (χ0) is 13.8. The predicted octanol–water partition coefficient (Wildman–Crippen LogP) is 3.04. The predicted molar refractivity (Wildman–Crippen MR) is 79.2 cm³/mol. The first-order chi connectivity index (χ1) is 9.08. The van der Waals surface area contributed by atoms with Gasteiger partial charge in [-0.3, -0.25) is 4.79 Å². The molecule has 104 valence electrons. The number of aliphatic hydroxyl groups is 1. The van der Waals surface area contributed by atoms with Crippen molar-refractivity contribution in [3.63, 3.8) is 0 Å². The summed E-state index contributed by atoms with van der Waals surface area (Å²) in [7, 11) is 0. The van der Waals surface area contributed by atoms with Crippen LogP contribution in [0.2, 0.25) is 0 Å². The lowest BCUT2D eigenvalue weighted by Crippen LogP contribution is -2.32. The average molecular weight is 326 g/mol. The Balaban J connectivity index is 1.89. The fourth-order valence-corrected chi connectivity index (χ4v) is 2.95. The summed E-state index contributed by atoms with van der Waals surface area (Å²) in [6.07, 6.45) is 3.56. The summed E-state index contributed by atoms with van der Waals surface area (Å²) in [5.74, 6) is 0.470. The number of aliphatic hydroxyl groups excluding tert-OH is 1. The highest BCUT2D eigenvalue weighted by molar-refractivity contribution is 9.10. The van der Waals surface area contributed by atoms with Crippen LogP contribution < -0.4 is 5.32 Å². The standard InChI is InChI=1S/C15H20BrNO2/c1-10-3-2-4-13(14(10)16)15(19)17-9-11-5-7-12(18)8-6-11/h2-4,11-12,18H,5-9H2,1H3,(H,17,19). The minimum Gasteiger partial charge on any atom is -0.393 e. The van der Waals surface area contributed by atoms with Crippen LogP contribution in [0.15, 0.2) is 22.7 Å². The van der Waals surface area contributed by atoms with E-state index in [1.54, 1.807) is 0 Å². The van der Waals surface area contributed by atoms with Gasteiger partial charge in [0.25, 0.3) is 5.91 Å². The van der Waals surface area contributed by atoms with E-state index in [0.29, 0.717) is 18.0 Å². The van der Waals surface area contributed by atoms with Crippen LogP contribution in [0.5, 0.6) is 0 Å². The lowest BCUT2D eigenvalue weighted by Gasteiger charge is -2.25. The molecule has 0 bridgehead atoms. The molecule has 2 rings (SSSR count). The van der Waals surface area contributed by atoms with Gasteiger partial charge in [0.2, 0.25) is 0 Å². The third-order valence-electron chi connectivity index (χ3n) is 3.80. The Labute approximate surface area is 122 Å². The van der Waals surface area contributed by atoms with Gasteiger partial charge in [-0.25, -0.2) is 0 Å². The smallest absolute Gasteiger partial charge is 0.252 e. The largest absolute Gasteiger partial charge is 0.393 e. The van der Waals surface area contributed by atoms with Gasteiger partial charge in [0.15, 0.2) is 0 Å². The molecule has 1 aromatic rings. The second kappa shape index (κ2) is 6.53. The normalized spacial score (nSPS) is 23.1. The Morgan fingerprint density at radius 3 is 2.74 bits per heavy atom. The molecule has 0 aliphatic heterocycles. The number of hydrogen-bond donors (Lipinski definition) is 2. The van der Waals surface area contributed by atoms with Gasteiger partial charge in [-0.2, -0.15) is 0 Å². The van der Waals surface area contributed by atoms with Crippen molar-refractivity contribution in [2.24, 2.45) is 5.92 Å². The van der Waals surface area contributed by atoms with Crippen LogP contribution in [0.3, 0.4) is 0 Å². The molecule has 2 N–H and O–H groups in total. The molecule has 0 unspecified atom stereocenters. The molecule has 0 aromatic heterocycles. The number of rotatable bonds is 3. The number of hydrogen-bond acceptors (Lipinski definition) is 2. The second-order valence-electron chi connectivity index (χ2n) is 5.32. The Morgan fingerprint density at radius 1 is 1.37 bits per heavy atom. The molecule has 0 radical (unpaired) electrons. The molecule has 0 saturated heterocycles. The van der Waals surface area contributed by atoms with Gasteiger partial charge in [0.05, 0.1) is 11.7 Å². The van der Waals surface area contributed by atoms with Crippen LogP contribution in [-0.4, -0.2) is 23.7 Å². The van der Waals surface area contributed by atoms with Gasteiger partial charge in [-0.1, -0.05) is 12.1 Å². The van der Waals surface area contributed by atoms with Gasteiger partial charge in [0, 0.05) is 11.0 Å². The topological polar surface area (TPSA) is 49.3 Å². The third kappa shape index (κ3) is 3.80. The summed E-state index contributed by atoms with van der Waals surface area (Å²) in [5, 5.41) is 12.5. The van der Waals surface area contributed by atoms with Gasteiger partial charge < -0.3 is 10.4 Å². The molecular weight excluding hydrogens is 306 g/mol. The molecular formula is C15H20BrNO2. The lowest BCUT2D eigenvalue weighted by atomic mass is 9.87. The monoisotopic (exact) mass is 325 g/mol. The van der Waals surface area contributed by atoms with Crippen LogP contribution in [-0.2, 0) is 0 Å². The highest BCUT2D eigenvalue weighted by Crippen LogP contribution is 2.24. The van der Waals surface area contributed by atoms with Crippen molar-refractivity contribution < 1.29 is 9.90 Å². The van der Waals surface area contributed by atoms with E-state index in [1.807, 2.05) is 25.1 Å². The molecule has 0 heterocycles.